The van der Waals surface area contributed by atoms with Gasteiger partial charge in [0.1, 0.15) is 4.88 Å². The number of imidazole rings is 1. The van der Waals surface area contributed by atoms with E-state index in [1.807, 2.05) is 6.07 Å². The number of H-pyrrole nitrogens is 2. The average Bonchev–Trinajstić information content (AvgIpc) is 3.23. The standard InChI is InChI=1S/C20H21N3O4S/c1-10-3-6-16-12(7-10)8-17(28-16)19(25)27-11(2)18(24)21-13-4-5-14-15(9-13)23-20(26)22-14/h4-5,8-11H,3,6-7H2,1-2H3,(H,21,24)(H2,22,23,26)/t10-,11-/m1/s1. The third kappa shape index (κ3) is 3.73. The first-order valence-corrected chi connectivity index (χ1v) is 10.1. The van der Waals surface area contributed by atoms with Crippen LogP contribution < -0.4 is 11.0 Å². The Morgan fingerprint density at radius 2 is 2.04 bits per heavy atom. The van der Waals surface area contributed by atoms with Gasteiger partial charge in [0.25, 0.3) is 5.91 Å². The van der Waals surface area contributed by atoms with Crippen LogP contribution in [0.4, 0.5) is 5.69 Å². The summed E-state index contributed by atoms with van der Waals surface area (Å²) in [5.74, 6) is -0.274. The maximum absolute atomic E-state index is 12.5. The van der Waals surface area contributed by atoms with Gasteiger partial charge < -0.3 is 20.0 Å². The normalized spacial score (nSPS) is 17.1. The van der Waals surface area contributed by atoms with Gasteiger partial charge in [-0.15, -0.1) is 11.3 Å². The minimum Gasteiger partial charge on any atom is -0.448 e. The minimum absolute atomic E-state index is 0.311. The number of amides is 1. The maximum atomic E-state index is 12.5. The van der Waals surface area contributed by atoms with E-state index in [2.05, 4.69) is 22.2 Å². The molecule has 7 nitrogen and oxygen atoms in total. The molecule has 3 aromatic rings. The fourth-order valence-electron chi connectivity index (χ4n) is 3.43. The molecule has 1 aliphatic carbocycles. The molecular formula is C20H21N3O4S. The van der Waals surface area contributed by atoms with Crippen molar-refractivity contribution < 1.29 is 14.3 Å². The van der Waals surface area contributed by atoms with Crippen molar-refractivity contribution in [1.82, 2.24) is 9.97 Å². The molecule has 28 heavy (non-hydrogen) atoms. The van der Waals surface area contributed by atoms with E-state index < -0.39 is 18.0 Å². The van der Waals surface area contributed by atoms with Crippen LogP contribution in [0.1, 0.15) is 40.4 Å². The highest BCUT2D eigenvalue weighted by molar-refractivity contribution is 7.14. The first-order chi connectivity index (χ1) is 13.4. The summed E-state index contributed by atoms with van der Waals surface area (Å²) in [6, 6.07) is 6.91. The smallest absolute Gasteiger partial charge is 0.349 e. The van der Waals surface area contributed by atoms with Crippen LogP contribution in [0, 0.1) is 5.92 Å². The Balaban J connectivity index is 1.40. The Morgan fingerprint density at radius 1 is 1.25 bits per heavy atom. The Morgan fingerprint density at radius 3 is 2.86 bits per heavy atom. The number of esters is 1. The molecule has 1 aliphatic rings. The van der Waals surface area contributed by atoms with Gasteiger partial charge in [-0.3, -0.25) is 4.79 Å². The number of carbonyl (C=O) groups is 2. The van der Waals surface area contributed by atoms with E-state index in [9.17, 15) is 14.4 Å². The van der Waals surface area contributed by atoms with Gasteiger partial charge in [0.15, 0.2) is 6.10 Å². The molecule has 2 heterocycles. The Hall–Kier alpha value is -2.87. The fraction of sp³-hybridized carbons (Fsp3) is 0.350. The van der Waals surface area contributed by atoms with Crippen molar-refractivity contribution in [2.75, 3.05) is 5.32 Å². The summed E-state index contributed by atoms with van der Waals surface area (Å²) < 4.78 is 5.36. The van der Waals surface area contributed by atoms with E-state index in [4.69, 9.17) is 4.74 Å². The van der Waals surface area contributed by atoms with Gasteiger partial charge in [-0.2, -0.15) is 0 Å². The average molecular weight is 399 g/mol. The highest BCUT2D eigenvalue weighted by Crippen LogP contribution is 2.32. The molecule has 0 bridgehead atoms. The molecular weight excluding hydrogens is 378 g/mol. The predicted molar refractivity (Wildman–Crippen MR) is 108 cm³/mol. The lowest BCUT2D eigenvalue weighted by Crippen LogP contribution is -2.29. The molecule has 0 saturated heterocycles. The number of carbonyl (C=O) groups excluding carboxylic acids is 2. The zero-order valence-corrected chi connectivity index (χ0v) is 16.4. The number of hydrogen-bond donors (Lipinski definition) is 3. The van der Waals surface area contributed by atoms with Crippen molar-refractivity contribution >= 4 is 39.9 Å². The van der Waals surface area contributed by atoms with Gasteiger partial charge in [-0.25, -0.2) is 9.59 Å². The van der Waals surface area contributed by atoms with Crippen molar-refractivity contribution in [3.05, 3.63) is 50.1 Å². The number of fused-ring (bicyclic) bond motifs is 2. The summed E-state index contributed by atoms with van der Waals surface area (Å²) in [4.78, 5) is 43.2. The third-order valence-electron chi connectivity index (χ3n) is 4.97. The van der Waals surface area contributed by atoms with Gasteiger partial charge in [-0.1, -0.05) is 6.92 Å². The number of aromatic nitrogens is 2. The molecule has 2 aromatic heterocycles. The van der Waals surface area contributed by atoms with Crippen LogP contribution in [-0.4, -0.2) is 27.9 Å². The molecule has 0 saturated carbocycles. The van der Waals surface area contributed by atoms with E-state index in [0.717, 1.165) is 19.3 Å². The lowest BCUT2D eigenvalue weighted by atomic mass is 9.90. The second kappa shape index (κ2) is 7.27. The number of aryl methyl sites for hydroxylation is 1. The molecule has 0 unspecified atom stereocenters. The maximum Gasteiger partial charge on any atom is 0.349 e. The summed E-state index contributed by atoms with van der Waals surface area (Å²) in [5.41, 5.74) is 2.66. The van der Waals surface area contributed by atoms with Gasteiger partial charge in [0.2, 0.25) is 0 Å². The Labute approximate surface area is 165 Å². The van der Waals surface area contributed by atoms with Crippen molar-refractivity contribution in [2.45, 2.75) is 39.2 Å². The highest BCUT2D eigenvalue weighted by Gasteiger charge is 2.24. The molecule has 4 rings (SSSR count). The number of rotatable bonds is 4. The second-order valence-corrected chi connectivity index (χ2v) is 8.42. The zero-order valence-electron chi connectivity index (χ0n) is 15.6. The SMILES string of the molecule is C[C@@H]1CCc2sc(C(=O)O[C@H](C)C(=O)Nc3ccc4[nH]c(=O)[nH]c4c3)cc2C1. The summed E-state index contributed by atoms with van der Waals surface area (Å²) >= 11 is 1.46. The summed E-state index contributed by atoms with van der Waals surface area (Å²) in [7, 11) is 0. The second-order valence-electron chi connectivity index (χ2n) is 7.28. The molecule has 2 atom stereocenters. The van der Waals surface area contributed by atoms with E-state index in [-0.39, 0.29) is 5.69 Å². The first-order valence-electron chi connectivity index (χ1n) is 9.24. The quantitative estimate of drug-likeness (QED) is 0.586. The molecule has 0 radical (unpaired) electrons. The first kappa shape index (κ1) is 18.5. The third-order valence-corrected chi connectivity index (χ3v) is 6.18. The molecule has 0 aliphatic heterocycles. The van der Waals surface area contributed by atoms with E-state index >= 15 is 0 Å². The fourth-order valence-corrected chi connectivity index (χ4v) is 4.52. The minimum atomic E-state index is -0.938. The topological polar surface area (TPSA) is 104 Å². The summed E-state index contributed by atoms with van der Waals surface area (Å²) in [6.45, 7) is 3.75. The van der Waals surface area contributed by atoms with E-state index in [1.165, 1.54) is 21.8 Å². The van der Waals surface area contributed by atoms with Crippen molar-refractivity contribution in [3.8, 4) is 0 Å². The molecule has 1 amide bonds. The molecule has 0 fully saturated rings. The van der Waals surface area contributed by atoms with Crippen LogP contribution in [0.2, 0.25) is 0 Å². The van der Waals surface area contributed by atoms with Crippen molar-refractivity contribution in [3.63, 3.8) is 0 Å². The predicted octanol–water partition coefficient (Wildman–Crippen LogP) is 3.23. The number of benzene rings is 1. The van der Waals surface area contributed by atoms with Crippen molar-refractivity contribution in [1.29, 1.82) is 0 Å². The Bertz CT molecular complexity index is 1110. The van der Waals surface area contributed by atoms with Crippen LogP contribution in [0.3, 0.4) is 0 Å². The van der Waals surface area contributed by atoms with E-state index in [1.54, 1.807) is 25.1 Å². The highest BCUT2D eigenvalue weighted by atomic mass is 32.1. The number of aromatic amines is 2. The van der Waals surface area contributed by atoms with Crippen LogP contribution >= 0.6 is 11.3 Å². The lowest BCUT2D eigenvalue weighted by molar-refractivity contribution is -0.123. The molecule has 0 spiro atoms. The molecule has 146 valence electrons. The van der Waals surface area contributed by atoms with Gasteiger partial charge >= 0.3 is 11.7 Å². The molecule has 8 heteroatoms. The Kier molecular flexibility index (Phi) is 4.80. The summed E-state index contributed by atoms with van der Waals surface area (Å²) in [6.07, 6.45) is 2.18. The van der Waals surface area contributed by atoms with Gasteiger partial charge in [0, 0.05) is 10.6 Å². The van der Waals surface area contributed by atoms with Gasteiger partial charge in [-0.05, 0) is 61.9 Å². The van der Waals surface area contributed by atoms with Crippen LogP contribution in [-0.2, 0) is 22.4 Å². The lowest BCUT2D eigenvalue weighted by Gasteiger charge is -2.16. The number of anilines is 1. The molecule has 1 aromatic carbocycles. The van der Waals surface area contributed by atoms with Crippen LogP contribution in [0.25, 0.3) is 11.0 Å². The van der Waals surface area contributed by atoms with Crippen LogP contribution in [0.5, 0.6) is 0 Å². The number of thiophene rings is 1. The van der Waals surface area contributed by atoms with Crippen LogP contribution in [0.15, 0.2) is 29.1 Å². The van der Waals surface area contributed by atoms with Gasteiger partial charge in [0.05, 0.1) is 11.0 Å². The summed E-state index contributed by atoms with van der Waals surface area (Å²) in [5, 5.41) is 2.71. The zero-order chi connectivity index (χ0) is 19.8. The van der Waals surface area contributed by atoms with Crippen molar-refractivity contribution in [2.24, 2.45) is 5.92 Å². The number of nitrogens with one attached hydrogen (secondary N) is 3. The monoisotopic (exact) mass is 399 g/mol. The van der Waals surface area contributed by atoms with E-state index in [0.29, 0.717) is 27.5 Å². The number of ether oxygens (including phenoxy) is 1. The largest absolute Gasteiger partial charge is 0.448 e. The molecule has 3 N–H and O–H groups in total. The number of hydrogen-bond acceptors (Lipinski definition) is 5.